The summed E-state index contributed by atoms with van der Waals surface area (Å²) in [5.41, 5.74) is 1.41. The van der Waals surface area contributed by atoms with Crippen molar-refractivity contribution in [2.75, 3.05) is 7.11 Å². The van der Waals surface area contributed by atoms with E-state index in [1.807, 2.05) is 0 Å². The Morgan fingerprint density at radius 3 is 2.78 bits per heavy atom. The van der Waals surface area contributed by atoms with Crippen LogP contribution >= 0.6 is 0 Å². The number of methoxy groups -OCH3 is 1. The lowest BCUT2D eigenvalue weighted by atomic mass is 10.1. The van der Waals surface area contributed by atoms with Gasteiger partial charge in [0.15, 0.2) is 0 Å². The Kier molecular flexibility index (Phi) is 1.93. The maximum absolute atomic E-state index is 5.05. The molecule has 1 rings (SSSR count). The molecule has 0 aliphatic heterocycles. The van der Waals surface area contributed by atoms with Crippen molar-refractivity contribution < 1.29 is 4.74 Å². The lowest BCUT2D eigenvalue weighted by Gasteiger charge is -2.08. The van der Waals surface area contributed by atoms with E-state index < -0.39 is 0 Å². The average molecular weight is 124 g/mol. The zero-order valence-corrected chi connectivity index (χ0v) is 5.98. The summed E-state index contributed by atoms with van der Waals surface area (Å²) in [7, 11) is 1.71. The number of hydrogen-bond donors (Lipinski definition) is 0. The molecule has 0 saturated heterocycles. The molecule has 0 unspecified atom stereocenters. The highest BCUT2D eigenvalue weighted by Gasteiger charge is 1.99. The lowest BCUT2D eigenvalue weighted by molar-refractivity contribution is 0.303. The van der Waals surface area contributed by atoms with Gasteiger partial charge in [0.05, 0.1) is 7.11 Å². The minimum Gasteiger partial charge on any atom is -0.497 e. The van der Waals surface area contributed by atoms with E-state index in [2.05, 4.69) is 19.1 Å². The number of rotatable bonds is 1. The summed E-state index contributed by atoms with van der Waals surface area (Å²) < 4.78 is 5.05. The van der Waals surface area contributed by atoms with Gasteiger partial charge in [0, 0.05) is 0 Å². The molecular weight excluding hydrogens is 112 g/mol. The largest absolute Gasteiger partial charge is 0.497 e. The van der Waals surface area contributed by atoms with Crippen molar-refractivity contribution >= 4 is 0 Å². The van der Waals surface area contributed by atoms with Crippen molar-refractivity contribution in [1.82, 2.24) is 0 Å². The Labute approximate surface area is 56.0 Å². The standard InChI is InChI=1S/C8H12O/c1-7-4-3-5-8(6-7)9-2/h5-6H,3-4H2,1-2H3. The van der Waals surface area contributed by atoms with Crippen molar-refractivity contribution in [3.63, 3.8) is 0 Å². The molecule has 0 atom stereocenters. The van der Waals surface area contributed by atoms with Crippen LogP contribution in [0.5, 0.6) is 0 Å². The first-order chi connectivity index (χ1) is 4.33. The van der Waals surface area contributed by atoms with E-state index in [0.717, 1.165) is 12.2 Å². The van der Waals surface area contributed by atoms with Crippen LogP contribution in [0.25, 0.3) is 0 Å². The highest BCUT2D eigenvalue weighted by Crippen LogP contribution is 2.16. The van der Waals surface area contributed by atoms with Crippen molar-refractivity contribution in [2.24, 2.45) is 0 Å². The summed E-state index contributed by atoms with van der Waals surface area (Å²) in [4.78, 5) is 0. The lowest BCUT2D eigenvalue weighted by Crippen LogP contribution is -1.90. The van der Waals surface area contributed by atoms with Gasteiger partial charge in [0.2, 0.25) is 0 Å². The van der Waals surface area contributed by atoms with Crippen LogP contribution < -0.4 is 0 Å². The van der Waals surface area contributed by atoms with Crippen LogP contribution in [-0.4, -0.2) is 7.11 Å². The zero-order valence-electron chi connectivity index (χ0n) is 5.98. The van der Waals surface area contributed by atoms with Crippen LogP contribution in [0.2, 0.25) is 0 Å². The second-order valence-electron chi connectivity index (χ2n) is 2.34. The van der Waals surface area contributed by atoms with Crippen molar-refractivity contribution in [1.29, 1.82) is 0 Å². The first-order valence-electron chi connectivity index (χ1n) is 3.24. The van der Waals surface area contributed by atoms with Crippen LogP contribution in [0.15, 0.2) is 23.5 Å². The third-order valence-electron chi connectivity index (χ3n) is 1.51. The molecule has 9 heavy (non-hydrogen) atoms. The van der Waals surface area contributed by atoms with Gasteiger partial charge in [-0.3, -0.25) is 0 Å². The third kappa shape index (κ3) is 1.60. The van der Waals surface area contributed by atoms with Crippen LogP contribution in [0.1, 0.15) is 19.8 Å². The highest BCUT2D eigenvalue weighted by atomic mass is 16.5. The van der Waals surface area contributed by atoms with Gasteiger partial charge in [-0.1, -0.05) is 5.57 Å². The monoisotopic (exact) mass is 124 g/mol. The predicted molar refractivity (Wildman–Crippen MR) is 38.1 cm³/mol. The van der Waals surface area contributed by atoms with Gasteiger partial charge >= 0.3 is 0 Å². The molecule has 0 N–H and O–H groups in total. The fourth-order valence-corrected chi connectivity index (χ4v) is 0.958. The van der Waals surface area contributed by atoms with Gasteiger partial charge in [-0.05, 0) is 31.9 Å². The van der Waals surface area contributed by atoms with Crippen LogP contribution in [0.3, 0.4) is 0 Å². The van der Waals surface area contributed by atoms with E-state index in [1.54, 1.807) is 7.11 Å². The van der Waals surface area contributed by atoms with E-state index in [4.69, 9.17) is 4.74 Å². The summed E-state index contributed by atoms with van der Waals surface area (Å²) in [6.45, 7) is 2.13. The molecule has 0 aromatic rings. The molecule has 0 bridgehead atoms. The van der Waals surface area contributed by atoms with Crippen LogP contribution in [-0.2, 0) is 4.74 Å². The van der Waals surface area contributed by atoms with Crippen molar-refractivity contribution in [2.45, 2.75) is 19.8 Å². The maximum atomic E-state index is 5.05. The molecule has 1 aliphatic rings. The summed E-state index contributed by atoms with van der Waals surface area (Å²) in [5.74, 6) is 1.01. The number of hydrogen-bond acceptors (Lipinski definition) is 1. The average Bonchev–Trinajstić information content (AvgIpc) is 1.88. The van der Waals surface area contributed by atoms with Gasteiger partial charge in [0.1, 0.15) is 5.76 Å². The summed E-state index contributed by atoms with van der Waals surface area (Å²) in [5, 5.41) is 0. The summed E-state index contributed by atoms with van der Waals surface area (Å²) >= 11 is 0. The molecule has 0 amide bonds. The van der Waals surface area contributed by atoms with Gasteiger partial charge in [0.25, 0.3) is 0 Å². The maximum Gasteiger partial charge on any atom is 0.114 e. The van der Waals surface area contributed by atoms with E-state index in [1.165, 1.54) is 12.0 Å². The fourth-order valence-electron chi connectivity index (χ4n) is 0.958. The Morgan fingerprint density at radius 2 is 2.33 bits per heavy atom. The van der Waals surface area contributed by atoms with E-state index in [9.17, 15) is 0 Å². The van der Waals surface area contributed by atoms with Gasteiger partial charge in [-0.15, -0.1) is 0 Å². The predicted octanol–water partition coefficient (Wildman–Crippen LogP) is 2.26. The van der Waals surface area contributed by atoms with Gasteiger partial charge in [-0.2, -0.15) is 0 Å². The Balaban J connectivity index is 2.63. The molecular formula is C8H12O. The number of ether oxygens (including phenoxy) is 1. The van der Waals surface area contributed by atoms with Gasteiger partial charge < -0.3 is 4.74 Å². The normalized spacial score (nSPS) is 18.4. The Morgan fingerprint density at radius 1 is 1.56 bits per heavy atom. The molecule has 0 aromatic heterocycles. The third-order valence-corrected chi connectivity index (χ3v) is 1.51. The van der Waals surface area contributed by atoms with E-state index in [0.29, 0.717) is 0 Å². The molecule has 0 spiro atoms. The number of allylic oxidation sites excluding steroid dienone is 3. The molecule has 0 heterocycles. The molecule has 0 aromatic carbocycles. The van der Waals surface area contributed by atoms with Gasteiger partial charge in [-0.25, -0.2) is 0 Å². The minimum atomic E-state index is 1.01. The van der Waals surface area contributed by atoms with Crippen molar-refractivity contribution in [3.05, 3.63) is 23.5 Å². The highest BCUT2D eigenvalue weighted by molar-refractivity contribution is 5.21. The Bertz CT molecular complexity index is 154. The molecule has 1 heteroatoms. The molecule has 0 fully saturated rings. The fraction of sp³-hybridized carbons (Fsp3) is 0.500. The minimum absolute atomic E-state index is 1.01. The SMILES string of the molecule is COC1=CCCC(C)=C1. The molecule has 1 aliphatic carbocycles. The molecule has 0 saturated carbocycles. The first kappa shape index (κ1) is 6.40. The summed E-state index contributed by atoms with van der Waals surface area (Å²) in [6, 6.07) is 0. The van der Waals surface area contributed by atoms with Crippen LogP contribution in [0.4, 0.5) is 0 Å². The molecule has 0 radical (unpaired) electrons. The molecule has 50 valence electrons. The molecule has 1 nitrogen and oxygen atoms in total. The van der Waals surface area contributed by atoms with Crippen LogP contribution in [0, 0.1) is 0 Å². The Hall–Kier alpha value is -0.720. The first-order valence-corrected chi connectivity index (χ1v) is 3.24. The quantitative estimate of drug-likeness (QED) is 0.521. The zero-order chi connectivity index (χ0) is 6.69. The smallest absolute Gasteiger partial charge is 0.114 e. The topological polar surface area (TPSA) is 9.23 Å². The second kappa shape index (κ2) is 2.72. The van der Waals surface area contributed by atoms with E-state index in [-0.39, 0.29) is 0 Å². The van der Waals surface area contributed by atoms with E-state index >= 15 is 0 Å². The van der Waals surface area contributed by atoms with Crippen molar-refractivity contribution in [3.8, 4) is 0 Å². The summed E-state index contributed by atoms with van der Waals surface area (Å²) in [6.07, 6.45) is 6.52. The second-order valence-corrected chi connectivity index (χ2v) is 2.34.